The van der Waals surface area contributed by atoms with Crippen molar-refractivity contribution in [2.45, 2.75) is 52.6 Å². The van der Waals surface area contributed by atoms with Crippen LogP contribution in [-0.2, 0) is 4.79 Å². The van der Waals surface area contributed by atoms with Gasteiger partial charge < -0.3 is 0 Å². The minimum Gasteiger partial charge on any atom is -0.298 e. The van der Waals surface area contributed by atoms with Crippen molar-refractivity contribution in [3.63, 3.8) is 0 Å². The van der Waals surface area contributed by atoms with Crippen LogP contribution in [0.25, 0.3) is 0 Å². The van der Waals surface area contributed by atoms with Gasteiger partial charge in [-0.3, -0.25) is 9.69 Å². The number of carbonyl (C=O) groups is 1. The van der Waals surface area contributed by atoms with Crippen molar-refractivity contribution < 1.29 is 4.79 Å². The molecular formula is C10H21NO. The minimum atomic E-state index is 0.0616. The second kappa shape index (κ2) is 5.31. The standard InChI is InChI=1S/C10H21NO/c1-6-7-8(2)11(5)9(3)10(4)12/h8-9H,6-7H2,1-5H3/t8?,9-/m0/s1. The molecule has 0 fully saturated rings. The van der Waals surface area contributed by atoms with Crippen molar-refractivity contribution >= 4 is 5.78 Å². The molecule has 0 aliphatic heterocycles. The molecular weight excluding hydrogens is 150 g/mol. The van der Waals surface area contributed by atoms with E-state index in [2.05, 4.69) is 18.7 Å². The van der Waals surface area contributed by atoms with Crippen LogP contribution >= 0.6 is 0 Å². The second-order valence-electron chi connectivity index (χ2n) is 3.59. The van der Waals surface area contributed by atoms with Crippen LogP contribution in [0.5, 0.6) is 0 Å². The first-order valence-electron chi connectivity index (χ1n) is 4.73. The summed E-state index contributed by atoms with van der Waals surface area (Å²) in [6.07, 6.45) is 2.34. The zero-order valence-electron chi connectivity index (χ0n) is 8.92. The SMILES string of the molecule is CCCC(C)N(C)[C@@H](C)C(C)=O. The molecule has 2 nitrogen and oxygen atoms in total. The first-order chi connectivity index (χ1) is 5.50. The van der Waals surface area contributed by atoms with Gasteiger partial charge in [0, 0.05) is 6.04 Å². The summed E-state index contributed by atoms with van der Waals surface area (Å²) in [6, 6.07) is 0.570. The summed E-state index contributed by atoms with van der Waals surface area (Å²) < 4.78 is 0. The molecule has 0 saturated heterocycles. The van der Waals surface area contributed by atoms with Gasteiger partial charge in [-0.25, -0.2) is 0 Å². The van der Waals surface area contributed by atoms with E-state index in [0.29, 0.717) is 6.04 Å². The van der Waals surface area contributed by atoms with Gasteiger partial charge in [-0.15, -0.1) is 0 Å². The number of likely N-dealkylation sites (N-methyl/N-ethyl adjacent to an activating group) is 1. The highest BCUT2D eigenvalue weighted by Gasteiger charge is 2.17. The summed E-state index contributed by atoms with van der Waals surface area (Å²) in [4.78, 5) is 13.2. The monoisotopic (exact) mass is 171 g/mol. The van der Waals surface area contributed by atoms with Crippen LogP contribution in [0.3, 0.4) is 0 Å². The predicted molar refractivity (Wildman–Crippen MR) is 52.3 cm³/mol. The second-order valence-corrected chi connectivity index (χ2v) is 3.59. The topological polar surface area (TPSA) is 20.3 Å². The van der Waals surface area contributed by atoms with Crippen molar-refractivity contribution in [2.24, 2.45) is 0 Å². The Morgan fingerprint density at radius 2 is 1.92 bits per heavy atom. The molecule has 12 heavy (non-hydrogen) atoms. The summed E-state index contributed by atoms with van der Waals surface area (Å²) in [7, 11) is 2.02. The van der Waals surface area contributed by atoms with Crippen molar-refractivity contribution in [3.8, 4) is 0 Å². The lowest BCUT2D eigenvalue weighted by Crippen LogP contribution is -2.40. The summed E-state index contributed by atoms with van der Waals surface area (Å²) >= 11 is 0. The zero-order valence-corrected chi connectivity index (χ0v) is 8.92. The Kier molecular flexibility index (Phi) is 5.14. The Balaban J connectivity index is 3.99. The molecule has 0 bridgehead atoms. The maximum Gasteiger partial charge on any atom is 0.146 e. The van der Waals surface area contributed by atoms with E-state index in [0.717, 1.165) is 6.42 Å². The van der Waals surface area contributed by atoms with E-state index in [1.807, 2.05) is 14.0 Å². The Labute approximate surface area is 75.9 Å². The molecule has 0 aromatic carbocycles. The number of Topliss-reactive ketones (excluding diaryl/α,β-unsaturated/α-hetero) is 1. The number of rotatable bonds is 5. The summed E-state index contributed by atoms with van der Waals surface area (Å²) in [5.74, 6) is 0.250. The molecule has 0 spiro atoms. The van der Waals surface area contributed by atoms with Crippen LogP contribution in [-0.4, -0.2) is 29.8 Å². The van der Waals surface area contributed by atoms with E-state index in [4.69, 9.17) is 0 Å². The van der Waals surface area contributed by atoms with Gasteiger partial charge in [0.25, 0.3) is 0 Å². The number of hydrogen-bond donors (Lipinski definition) is 0. The first kappa shape index (κ1) is 11.6. The lowest BCUT2D eigenvalue weighted by atomic mass is 10.1. The van der Waals surface area contributed by atoms with Crippen molar-refractivity contribution in [1.82, 2.24) is 4.90 Å². The Hall–Kier alpha value is -0.370. The molecule has 0 saturated carbocycles. The van der Waals surface area contributed by atoms with Gasteiger partial charge in [0.15, 0.2) is 0 Å². The summed E-state index contributed by atoms with van der Waals surface area (Å²) in [5, 5.41) is 0. The van der Waals surface area contributed by atoms with Crippen LogP contribution in [0.2, 0.25) is 0 Å². The molecule has 0 radical (unpaired) electrons. The van der Waals surface area contributed by atoms with Crippen LogP contribution in [0.15, 0.2) is 0 Å². The van der Waals surface area contributed by atoms with E-state index in [9.17, 15) is 4.79 Å². The number of nitrogens with zero attached hydrogens (tertiary/aromatic N) is 1. The highest BCUT2D eigenvalue weighted by molar-refractivity contribution is 5.80. The van der Waals surface area contributed by atoms with Crippen molar-refractivity contribution in [2.75, 3.05) is 7.05 Å². The van der Waals surface area contributed by atoms with Gasteiger partial charge in [-0.1, -0.05) is 13.3 Å². The molecule has 0 N–H and O–H groups in total. The fourth-order valence-electron chi connectivity index (χ4n) is 1.29. The molecule has 0 aromatic rings. The van der Waals surface area contributed by atoms with Gasteiger partial charge in [-0.2, -0.15) is 0 Å². The van der Waals surface area contributed by atoms with Gasteiger partial charge in [0.2, 0.25) is 0 Å². The van der Waals surface area contributed by atoms with Crippen LogP contribution < -0.4 is 0 Å². The highest BCUT2D eigenvalue weighted by Crippen LogP contribution is 2.08. The lowest BCUT2D eigenvalue weighted by Gasteiger charge is -2.28. The van der Waals surface area contributed by atoms with Crippen molar-refractivity contribution in [3.05, 3.63) is 0 Å². The summed E-state index contributed by atoms with van der Waals surface area (Å²) in [6.45, 7) is 7.96. The third kappa shape index (κ3) is 3.35. The molecule has 2 atom stereocenters. The normalized spacial score (nSPS) is 16.2. The van der Waals surface area contributed by atoms with E-state index in [-0.39, 0.29) is 11.8 Å². The maximum absolute atomic E-state index is 11.1. The zero-order chi connectivity index (χ0) is 9.72. The Bertz CT molecular complexity index is 145. The molecule has 72 valence electrons. The quantitative estimate of drug-likeness (QED) is 0.631. The molecule has 0 aromatic heterocycles. The molecule has 0 rings (SSSR count). The van der Waals surface area contributed by atoms with Gasteiger partial charge in [0.05, 0.1) is 6.04 Å². The van der Waals surface area contributed by atoms with E-state index in [1.54, 1.807) is 6.92 Å². The average Bonchev–Trinajstić information content (AvgIpc) is 2.02. The Morgan fingerprint density at radius 3 is 2.25 bits per heavy atom. The van der Waals surface area contributed by atoms with E-state index < -0.39 is 0 Å². The van der Waals surface area contributed by atoms with Gasteiger partial charge >= 0.3 is 0 Å². The van der Waals surface area contributed by atoms with E-state index in [1.165, 1.54) is 6.42 Å². The lowest BCUT2D eigenvalue weighted by molar-refractivity contribution is -0.121. The maximum atomic E-state index is 11.1. The third-order valence-corrected chi connectivity index (χ3v) is 2.60. The molecule has 0 aliphatic carbocycles. The third-order valence-electron chi connectivity index (χ3n) is 2.60. The average molecular weight is 171 g/mol. The Morgan fingerprint density at radius 1 is 1.42 bits per heavy atom. The molecule has 2 heteroatoms. The number of ketones is 1. The molecule has 0 amide bonds. The fourth-order valence-corrected chi connectivity index (χ4v) is 1.29. The molecule has 0 aliphatic rings. The smallest absolute Gasteiger partial charge is 0.146 e. The molecule has 1 unspecified atom stereocenters. The summed E-state index contributed by atoms with van der Waals surface area (Å²) in [5.41, 5.74) is 0. The van der Waals surface area contributed by atoms with Crippen molar-refractivity contribution in [1.29, 1.82) is 0 Å². The van der Waals surface area contributed by atoms with Gasteiger partial charge in [-0.05, 0) is 34.2 Å². The number of hydrogen-bond acceptors (Lipinski definition) is 2. The number of carbonyl (C=O) groups excluding carboxylic acids is 1. The first-order valence-corrected chi connectivity index (χ1v) is 4.73. The van der Waals surface area contributed by atoms with Gasteiger partial charge in [0.1, 0.15) is 5.78 Å². The minimum absolute atomic E-state index is 0.0616. The van der Waals surface area contributed by atoms with Crippen LogP contribution in [0.4, 0.5) is 0 Å². The van der Waals surface area contributed by atoms with Crippen LogP contribution in [0.1, 0.15) is 40.5 Å². The molecule has 0 heterocycles. The van der Waals surface area contributed by atoms with Crippen LogP contribution in [0, 0.1) is 0 Å². The fraction of sp³-hybridized carbons (Fsp3) is 0.900. The predicted octanol–water partition coefficient (Wildman–Crippen LogP) is 2.08. The largest absolute Gasteiger partial charge is 0.298 e. The van der Waals surface area contributed by atoms with E-state index >= 15 is 0 Å². The highest BCUT2D eigenvalue weighted by atomic mass is 16.1.